The Balaban J connectivity index is 1.29. The quantitative estimate of drug-likeness (QED) is 0.0279. The fourth-order valence-electron chi connectivity index (χ4n) is 11.5. The summed E-state index contributed by atoms with van der Waals surface area (Å²) in [4.78, 5) is 87.6. The van der Waals surface area contributed by atoms with E-state index in [0.717, 1.165) is 138 Å². The monoisotopic (exact) mass is 1310 g/mol. The Bertz CT molecular complexity index is 2130. The van der Waals surface area contributed by atoms with Crippen LogP contribution in [0.4, 0.5) is 0 Å². The van der Waals surface area contributed by atoms with Crippen molar-refractivity contribution in [2.24, 2.45) is 0 Å². The molecule has 0 spiro atoms. The first kappa shape index (κ1) is 79.4. The molecule has 6 N–H and O–H groups in total. The standard InChI is InChI=1S/C64H110N2O25/c1-9-10-32-48(46(73)31-25-20-17-19-24-30-45(72)29-23-18-15-13-11-12-14-16-21-26-33-52(75)65-34-27-22-28-35-66(7)8)88-63-59(91-62-55(78)57(85-42(4)69)50(38-81-62)83-40(2)67)56(47(74)36-79-63)90-61-54(77)53(76)49(37-80-61)89-64-60(87-44(6)71)58(86-43(5)70)51(39-82-64)84-41(3)68/h46-51,53-64,73-74,76-78H,9-39H2,1-8H3,(H,65,75)/t46-,47?,48-,49?,50?,51?,53?,54?,55?,56?,57?,58?,59?,60?,61?,62?,63?,64?/m0/s1. The van der Waals surface area contributed by atoms with Crippen LogP contribution in [0.1, 0.15) is 202 Å². The van der Waals surface area contributed by atoms with Crippen molar-refractivity contribution in [1.29, 1.82) is 0 Å². The molecule has 0 aromatic rings. The average molecular weight is 1310 g/mol. The minimum atomic E-state index is -1.95. The van der Waals surface area contributed by atoms with Gasteiger partial charge >= 0.3 is 29.8 Å². The molecule has 4 rings (SSSR count). The lowest BCUT2D eigenvalue weighted by atomic mass is 9.99. The van der Waals surface area contributed by atoms with Gasteiger partial charge in [0.25, 0.3) is 0 Å². The van der Waals surface area contributed by atoms with Crippen molar-refractivity contribution in [3.05, 3.63) is 0 Å². The van der Waals surface area contributed by atoms with Gasteiger partial charge in [0.2, 0.25) is 5.91 Å². The topological polar surface area (TPSA) is 356 Å². The van der Waals surface area contributed by atoms with E-state index >= 15 is 0 Å². The zero-order chi connectivity index (χ0) is 66.8. The summed E-state index contributed by atoms with van der Waals surface area (Å²) < 4.78 is 75.4. The van der Waals surface area contributed by atoms with Crippen LogP contribution in [0, 0.1) is 0 Å². The van der Waals surface area contributed by atoms with Crippen LogP contribution >= 0.6 is 0 Å². The van der Waals surface area contributed by atoms with Gasteiger partial charge in [-0.15, -0.1) is 0 Å². The smallest absolute Gasteiger partial charge is 0.303 e. The number of carbonyl (C=O) groups is 7. The molecule has 4 saturated heterocycles. The van der Waals surface area contributed by atoms with E-state index < -0.39 is 167 Å². The molecule has 27 nitrogen and oxygen atoms in total. The number of aliphatic hydroxyl groups excluding tert-OH is 5. The highest BCUT2D eigenvalue weighted by atomic mass is 16.8. The van der Waals surface area contributed by atoms with Crippen molar-refractivity contribution >= 4 is 41.5 Å². The van der Waals surface area contributed by atoms with E-state index in [1.165, 1.54) is 25.7 Å². The van der Waals surface area contributed by atoms with Gasteiger partial charge in [-0.2, -0.15) is 0 Å². The number of rotatable bonds is 44. The van der Waals surface area contributed by atoms with Crippen molar-refractivity contribution in [2.75, 3.05) is 53.6 Å². The summed E-state index contributed by atoms with van der Waals surface area (Å²) in [7, 11) is 4.15. The third kappa shape index (κ3) is 30.0. The van der Waals surface area contributed by atoms with Crippen LogP contribution in [0.15, 0.2) is 0 Å². The molecule has 526 valence electrons. The number of ether oxygens (including phenoxy) is 13. The Labute approximate surface area is 537 Å². The summed E-state index contributed by atoms with van der Waals surface area (Å²) in [5.41, 5.74) is 0. The number of amides is 1. The molecule has 4 fully saturated rings. The molecule has 0 bridgehead atoms. The molecule has 91 heavy (non-hydrogen) atoms. The van der Waals surface area contributed by atoms with Gasteiger partial charge in [-0.1, -0.05) is 103 Å². The second-order valence-corrected chi connectivity index (χ2v) is 24.7. The van der Waals surface area contributed by atoms with Gasteiger partial charge < -0.3 is 97.3 Å². The summed E-state index contributed by atoms with van der Waals surface area (Å²) in [6, 6.07) is 0. The molecule has 0 saturated carbocycles. The molecule has 4 aliphatic rings. The molecule has 0 aromatic heterocycles. The SMILES string of the molecule is CCCC[C@H](OC1OCC(O)C(OC2OCC(OC3OCC(OC(C)=O)C(OC(C)=O)C3OC(C)=O)C(O)C2O)C1OC1OCC(OC(C)=O)C(OC(C)=O)C1O)[C@@H](O)CCCCCCCC(=O)CCCCCCCCCCCCC(=O)NCCCCCN(C)C. The first-order valence-corrected chi connectivity index (χ1v) is 33.3. The number of unbranched alkanes of at least 4 members (excludes halogenated alkanes) is 16. The second-order valence-electron chi connectivity index (χ2n) is 24.7. The van der Waals surface area contributed by atoms with Crippen molar-refractivity contribution in [2.45, 2.75) is 313 Å². The Morgan fingerprint density at radius 1 is 0.451 bits per heavy atom. The van der Waals surface area contributed by atoms with Gasteiger partial charge in [-0.25, -0.2) is 0 Å². The summed E-state index contributed by atoms with van der Waals surface area (Å²) in [6.07, 6.45) is -5.09. The summed E-state index contributed by atoms with van der Waals surface area (Å²) >= 11 is 0. The van der Waals surface area contributed by atoms with Gasteiger partial charge in [0, 0.05) is 60.4 Å². The van der Waals surface area contributed by atoms with E-state index in [1.807, 2.05) is 6.92 Å². The lowest BCUT2D eigenvalue weighted by Gasteiger charge is -2.47. The molecule has 27 heteroatoms. The first-order valence-electron chi connectivity index (χ1n) is 33.3. The van der Waals surface area contributed by atoms with E-state index in [-0.39, 0.29) is 11.7 Å². The number of hydrogen-bond acceptors (Lipinski definition) is 26. The molecule has 0 radical (unpaired) electrons. The van der Waals surface area contributed by atoms with Crippen LogP contribution in [0.3, 0.4) is 0 Å². The van der Waals surface area contributed by atoms with Crippen LogP contribution in [-0.2, 0) is 95.1 Å². The van der Waals surface area contributed by atoms with Crippen LogP contribution in [0.25, 0.3) is 0 Å². The van der Waals surface area contributed by atoms with Gasteiger partial charge in [0.05, 0.1) is 38.6 Å². The van der Waals surface area contributed by atoms with Gasteiger partial charge in [0.1, 0.15) is 48.5 Å². The normalized spacial score (nSPS) is 29.2. The number of nitrogens with one attached hydrogen (secondary N) is 1. The van der Waals surface area contributed by atoms with Crippen LogP contribution < -0.4 is 5.32 Å². The van der Waals surface area contributed by atoms with Crippen LogP contribution in [0.5, 0.6) is 0 Å². The number of nitrogens with zero attached hydrogens (tertiary/aromatic N) is 1. The molecule has 4 heterocycles. The lowest BCUT2D eigenvalue weighted by molar-refractivity contribution is -0.379. The molecule has 4 aliphatic heterocycles. The van der Waals surface area contributed by atoms with Gasteiger partial charge in [-0.3, -0.25) is 33.6 Å². The maximum Gasteiger partial charge on any atom is 0.303 e. The highest BCUT2D eigenvalue weighted by Gasteiger charge is 2.54. The van der Waals surface area contributed by atoms with E-state index in [0.29, 0.717) is 44.9 Å². The Morgan fingerprint density at radius 2 is 0.912 bits per heavy atom. The predicted molar refractivity (Wildman–Crippen MR) is 324 cm³/mol. The number of ketones is 1. The fourth-order valence-corrected chi connectivity index (χ4v) is 11.5. The molecule has 16 unspecified atom stereocenters. The van der Waals surface area contributed by atoms with E-state index in [2.05, 4.69) is 24.3 Å². The molecular formula is C64H110N2O25. The third-order valence-electron chi connectivity index (χ3n) is 16.3. The van der Waals surface area contributed by atoms with Gasteiger partial charge in [0.15, 0.2) is 55.7 Å². The maximum atomic E-state index is 12.7. The van der Waals surface area contributed by atoms with Crippen molar-refractivity contribution in [1.82, 2.24) is 10.2 Å². The zero-order valence-corrected chi connectivity index (χ0v) is 55.2. The lowest BCUT2D eigenvalue weighted by Crippen LogP contribution is -2.65. The largest absolute Gasteiger partial charge is 0.456 e. The maximum absolute atomic E-state index is 12.7. The Morgan fingerprint density at radius 3 is 1.47 bits per heavy atom. The molecular weight excluding hydrogens is 1200 g/mol. The zero-order valence-electron chi connectivity index (χ0n) is 55.2. The minimum absolute atomic E-state index is 0.165. The number of aliphatic hydroxyl groups is 5. The highest BCUT2D eigenvalue weighted by molar-refractivity contribution is 5.78. The molecule has 1 amide bonds. The van der Waals surface area contributed by atoms with Crippen LogP contribution in [-0.4, -0.2) is 236 Å². The first-order chi connectivity index (χ1) is 43.5. The van der Waals surface area contributed by atoms with Crippen molar-refractivity contribution in [3.8, 4) is 0 Å². The third-order valence-corrected chi connectivity index (χ3v) is 16.3. The van der Waals surface area contributed by atoms with Crippen molar-refractivity contribution in [3.63, 3.8) is 0 Å². The highest BCUT2D eigenvalue weighted by Crippen LogP contribution is 2.35. The predicted octanol–water partition coefficient (Wildman–Crippen LogP) is 4.43. The summed E-state index contributed by atoms with van der Waals surface area (Å²) in [5.74, 6) is -3.54. The number of Topliss-reactive ketones (excluding diaryl/α,β-unsaturated/α-hetero) is 1. The summed E-state index contributed by atoms with van der Waals surface area (Å²) in [6.45, 7) is 7.48. The average Bonchev–Trinajstić information content (AvgIpc) is 0.875. The second kappa shape index (κ2) is 43.8. The molecule has 0 aromatic carbocycles. The van der Waals surface area contributed by atoms with Gasteiger partial charge in [-0.05, 0) is 65.6 Å². The van der Waals surface area contributed by atoms with E-state index in [4.69, 9.17) is 61.6 Å². The van der Waals surface area contributed by atoms with E-state index in [1.54, 1.807) is 0 Å². The van der Waals surface area contributed by atoms with Crippen molar-refractivity contribution < 1.29 is 121 Å². The number of esters is 5. The fraction of sp³-hybridized carbons (Fsp3) is 0.891. The summed E-state index contributed by atoms with van der Waals surface area (Å²) in [5, 5.41) is 61.2. The van der Waals surface area contributed by atoms with Crippen LogP contribution in [0.2, 0.25) is 0 Å². The Hall–Kier alpha value is -4.07. The Kier molecular flexibility index (Phi) is 38.2. The molecule has 0 aliphatic carbocycles. The minimum Gasteiger partial charge on any atom is -0.456 e. The number of carbonyl (C=O) groups excluding carboxylic acids is 7. The van der Waals surface area contributed by atoms with E-state index in [9.17, 15) is 59.1 Å². The molecule has 18 atom stereocenters. The number of hydrogen-bond donors (Lipinski definition) is 6.